The van der Waals surface area contributed by atoms with Crippen molar-refractivity contribution in [1.82, 2.24) is 9.88 Å². The lowest BCUT2D eigenvalue weighted by Gasteiger charge is -2.35. The van der Waals surface area contributed by atoms with Gasteiger partial charge in [0.2, 0.25) is 0 Å². The molecular weight excluding hydrogens is 371 g/mol. The molecule has 2 aromatic rings. The molecule has 1 aromatic heterocycles. The van der Waals surface area contributed by atoms with Crippen LogP contribution in [0.15, 0.2) is 24.3 Å². The number of esters is 1. The zero-order valence-corrected chi connectivity index (χ0v) is 17.4. The molecule has 0 atom stereocenters. The van der Waals surface area contributed by atoms with Crippen molar-refractivity contribution < 1.29 is 18.7 Å². The summed E-state index contributed by atoms with van der Waals surface area (Å²) < 4.78 is 19.5. The number of hydrogen-bond acceptors (Lipinski definition) is 3. The minimum absolute atomic E-state index is 0.0654. The molecule has 1 heterocycles. The van der Waals surface area contributed by atoms with Gasteiger partial charge in [-0.05, 0) is 56.9 Å². The Morgan fingerprint density at radius 1 is 1.17 bits per heavy atom. The zero-order chi connectivity index (χ0) is 21.0. The van der Waals surface area contributed by atoms with Crippen molar-refractivity contribution in [3.63, 3.8) is 0 Å². The van der Waals surface area contributed by atoms with E-state index in [0.717, 1.165) is 48.9 Å². The number of carbonyl (C=O) groups excluding carboxylic acids is 2. The van der Waals surface area contributed by atoms with Gasteiger partial charge in [-0.2, -0.15) is 0 Å². The summed E-state index contributed by atoms with van der Waals surface area (Å²) in [4.78, 5) is 30.5. The second-order valence-electron chi connectivity index (χ2n) is 7.65. The monoisotopic (exact) mass is 400 g/mol. The number of H-pyrrole nitrogens is 1. The molecule has 0 unspecified atom stereocenters. The predicted molar refractivity (Wildman–Crippen MR) is 109 cm³/mol. The smallest absolute Gasteiger partial charge is 0.355 e. The molecule has 1 fully saturated rings. The Bertz CT molecular complexity index is 884. The molecule has 3 rings (SSSR count). The molecule has 1 N–H and O–H groups in total. The molecule has 1 saturated carbocycles. The van der Waals surface area contributed by atoms with Gasteiger partial charge in [-0.15, -0.1) is 0 Å². The Labute approximate surface area is 171 Å². The SMILES string of the molecule is CCOC(=O)c1[nH]c(C)c(CN(C(=O)c2ccccc2F)C2CCCCC2)c1C. The zero-order valence-electron chi connectivity index (χ0n) is 17.4. The fourth-order valence-electron chi connectivity index (χ4n) is 4.15. The topological polar surface area (TPSA) is 62.4 Å². The molecule has 0 radical (unpaired) electrons. The number of rotatable bonds is 6. The molecule has 29 heavy (non-hydrogen) atoms. The number of aromatic amines is 1. The van der Waals surface area contributed by atoms with Gasteiger partial charge in [0.25, 0.3) is 5.91 Å². The second-order valence-corrected chi connectivity index (χ2v) is 7.65. The maximum atomic E-state index is 14.3. The van der Waals surface area contributed by atoms with E-state index in [2.05, 4.69) is 4.98 Å². The largest absolute Gasteiger partial charge is 0.461 e. The third kappa shape index (κ3) is 4.52. The standard InChI is InChI=1S/C23H29FN2O3/c1-4-29-23(28)21-15(2)19(16(3)25-21)14-26(17-10-6-5-7-11-17)22(27)18-12-8-9-13-20(18)24/h8-9,12-13,17,25H,4-7,10-11,14H2,1-3H3. The Morgan fingerprint density at radius 2 is 1.86 bits per heavy atom. The van der Waals surface area contributed by atoms with Crippen LogP contribution in [0.25, 0.3) is 0 Å². The minimum atomic E-state index is -0.506. The number of aryl methyl sites for hydroxylation is 1. The first kappa shape index (κ1) is 21.1. The fourth-order valence-corrected chi connectivity index (χ4v) is 4.15. The van der Waals surface area contributed by atoms with Crippen molar-refractivity contribution in [2.45, 2.75) is 65.5 Å². The van der Waals surface area contributed by atoms with Gasteiger partial charge in [0.05, 0.1) is 12.2 Å². The van der Waals surface area contributed by atoms with Crippen LogP contribution in [0.4, 0.5) is 4.39 Å². The van der Waals surface area contributed by atoms with E-state index < -0.39 is 11.8 Å². The lowest BCUT2D eigenvalue weighted by Crippen LogP contribution is -2.41. The first-order chi connectivity index (χ1) is 13.9. The molecule has 1 aliphatic rings. The molecule has 0 spiro atoms. The molecule has 1 aromatic carbocycles. The Morgan fingerprint density at radius 3 is 2.52 bits per heavy atom. The maximum Gasteiger partial charge on any atom is 0.355 e. The van der Waals surface area contributed by atoms with E-state index in [0.29, 0.717) is 18.8 Å². The highest BCUT2D eigenvalue weighted by atomic mass is 19.1. The van der Waals surface area contributed by atoms with Crippen LogP contribution in [0.3, 0.4) is 0 Å². The second kappa shape index (κ2) is 9.25. The van der Waals surface area contributed by atoms with E-state index >= 15 is 0 Å². The van der Waals surface area contributed by atoms with Gasteiger partial charge in [-0.3, -0.25) is 4.79 Å². The van der Waals surface area contributed by atoms with Crippen molar-refractivity contribution in [2.75, 3.05) is 6.61 Å². The van der Waals surface area contributed by atoms with Crippen LogP contribution in [-0.2, 0) is 11.3 Å². The van der Waals surface area contributed by atoms with Crippen LogP contribution in [0, 0.1) is 19.7 Å². The van der Waals surface area contributed by atoms with Gasteiger partial charge >= 0.3 is 5.97 Å². The number of benzene rings is 1. The van der Waals surface area contributed by atoms with Gasteiger partial charge < -0.3 is 14.6 Å². The summed E-state index contributed by atoms with van der Waals surface area (Å²) in [5.74, 6) is -1.20. The molecule has 0 bridgehead atoms. The number of amides is 1. The van der Waals surface area contributed by atoms with Crippen molar-refractivity contribution in [3.8, 4) is 0 Å². The number of nitrogens with one attached hydrogen (secondary N) is 1. The molecule has 156 valence electrons. The molecule has 1 aliphatic carbocycles. The van der Waals surface area contributed by atoms with Crippen LogP contribution in [0.1, 0.15) is 76.7 Å². The molecule has 0 saturated heterocycles. The highest BCUT2D eigenvalue weighted by Crippen LogP contribution is 2.29. The molecular formula is C23H29FN2O3. The van der Waals surface area contributed by atoms with Crippen molar-refractivity contribution in [1.29, 1.82) is 0 Å². The lowest BCUT2D eigenvalue weighted by molar-refractivity contribution is 0.0519. The molecule has 6 heteroatoms. The molecule has 5 nitrogen and oxygen atoms in total. The van der Waals surface area contributed by atoms with E-state index in [-0.39, 0.29) is 17.5 Å². The molecule has 0 aliphatic heterocycles. The highest BCUT2D eigenvalue weighted by Gasteiger charge is 2.30. The highest BCUT2D eigenvalue weighted by molar-refractivity contribution is 5.95. The van der Waals surface area contributed by atoms with E-state index in [1.165, 1.54) is 12.1 Å². The lowest BCUT2D eigenvalue weighted by atomic mass is 9.93. The average Bonchev–Trinajstić information content (AvgIpc) is 3.00. The summed E-state index contributed by atoms with van der Waals surface area (Å²) in [5.41, 5.74) is 3.01. The van der Waals surface area contributed by atoms with Crippen molar-refractivity contribution in [3.05, 3.63) is 58.2 Å². The van der Waals surface area contributed by atoms with Crippen molar-refractivity contribution >= 4 is 11.9 Å². The van der Waals surface area contributed by atoms with Gasteiger partial charge in [-0.25, -0.2) is 9.18 Å². The summed E-state index contributed by atoms with van der Waals surface area (Å²) in [7, 11) is 0. The van der Waals surface area contributed by atoms with E-state index in [1.54, 1.807) is 24.0 Å². The van der Waals surface area contributed by atoms with E-state index in [1.807, 2.05) is 13.8 Å². The van der Waals surface area contributed by atoms with Crippen molar-refractivity contribution in [2.24, 2.45) is 0 Å². The number of ether oxygens (including phenoxy) is 1. The van der Waals surface area contributed by atoms with Gasteiger partial charge in [-0.1, -0.05) is 31.4 Å². The van der Waals surface area contributed by atoms with Crippen LogP contribution < -0.4 is 0 Å². The summed E-state index contributed by atoms with van der Waals surface area (Å²) in [6.45, 7) is 6.15. The van der Waals surface area contributed by atoms with Gasteiger partial charge in [0.15, 0.2) is 0 Å². The third-order valence-corrected chi connectivity index (χ3v) is 5.78. The number of hydrogen-bond donors (Lipinski definition) is 1. The van der Waals surface area contributed by atoms with Crippen LogP contribution in [-0.4, -0.2) is 34.4 Å². The Hall–Kier alpha value is -2.63. The third-order valence-electron chi connectivity index (χ3n) is 5.78. The quantitative estimate of drug-likeness (QED) is 0.700. The normalized spacial score (nSPS) is 14.6. The van der Waals surface area contributed by atoms with Crippen LogP contribution in [0.2, 0.25) is 0 Å². The number of carbonyl (C=O) groups is 2. The summed E-state index contributed by atoms with van der Waals surface area (Å²) in [5, 5.41) is 0. The summed E-state index contributed by atoms with van der Waals surface area (Å²) in [6.07, 6.45) is 5.10. The average molecular weight is 400 g/mol. The van der Waals surface area contributed by atoms with E-state index in [9.17, 15) is 14.0 Å². The van der Waals surface area contributed by atoms with Gasteiger partial charge in [0.1, 0.15) is 11.5 Å². The first-order valence-electron chi connectivity index (χ1n) is 10.3. The molecule has 1 amide bonds. The number of aromatic nitrogens is 1. The number of halogens is 1. The Kier molecular flexibility index (Phi) is 6.72. The Balaban J connectivity index is 1.95. The summed E-state index contributed by atoms with van der Waals surface area (Å²) in [6, 6.07) is 6.19. The van der Waals surface area contributed by atoms with Crippen LogP contribution >= 0.6 is 0 Å². The van der Waals surface area contributed by atoms with E-state index in [4.69, 9.17) is 4.74 Å². The number of nitrogens with zero attached hydrogens (tertiary/aromatic N) is 1. The summed E-state index contributed by atoms with van der Waals surface area (Å²) >= 11 is 0. The first-order valence-corrected chi connectivity index (χ1v) is 10.3. The fraction of sp³-hybridized carbons (Fsp3) is 0.478. The van der Waals surface area contributed by atoms with Gasteiger partial charge in [0, 0.05) is 18.3 Å². The minimum Gasteiger partial charge on any atom is -0.461 e. The van der Waals surface area contributed by atoms with Crippen LogP contribution in [0.5, 0.6) is 0 Å². The predicted octanol–water partition coefficient (Wildman–Crippen LogP) is 4.92. The maximum absolute atomic E-state index is 14.3.